The number of nitrogens with one attached hydrogen (secondary N) is 1. The molecule has 0 aliphatic rings. The second kappa shape index (κ2) is 12.2. The minimum Gasteiger partial charge on any atom is -0.494 e. The van der Waals surface area contributed by atoms with Gasteiger partial charge in [-0.05, 0) is 48.4 Å². The highest BCUT2D eigenvalue weighted by Gasteiger charge is 2.14. The molecule has 0 unspecified atom stereocenters. The molecule has 2 heterocycles. The minimum absolute atomic E-state index is 0.129. The van der Waals surface area contributed by atoms with Crippen LogP contribution < -0.4 is 10.1 Å². The van der Waals surface area contributed by atoms with Crippen LogP contribution in [0.1, 0.15) is 34.0 Å². The average Bonchev–Trinajstić information content (AvgIpc) is 3.29. The number of halogens is 1. The lowest BCUT2D eigenvalue weighted by atomic mass is 10.1. The summed E-state index contributed by atoms with van der Waals surface area (Å²) >= 11 is 8.01. The molecule has 0 radical (unpaired) electrons. The van der Waals surface area contributed by atoms with E-state index in [1.54, 1.807) is 18.0 Å². The summed E-state index contributed by atoms with van der Waals surface area (Å²) in [7, 11) is 0. The smallest absolute Gasteiger partial charge is 0.251 e. The molecule has 1 amide bonds. The van der Waals surface area contributed by atoms with Gasteiger partial charge in [0.2, 0.25) is 0 Å². The predicted octanol–water partition coefficient (Wildman–Crippen LogP) is 6.75. The summed E-state index contributed by atoms with van der Waals surface area (Å²) in [6.45, 7) is 3.53. The van der Waals surface area contributed by atoms with Crippen molar-refractivity contribution in [2.45, 2.75) is 30.9 Å². The van der Waals surface area contributed by atoms with Gasteiger partial charge in [-0.15, -0.1) is 0 Å². The fraction of sp³-hybridized carbons (Fsp3) is 0.167. The first kappa shape index (κ1) is 25.8. The fourth-order valence-corrected chi connectivity index (χ4v) is 5.44. The van der Waals surface area contributed by atoms with Crippen LogP contribution in [0.25, 0.3) is 11.0 Å². The molecule has 0 spiro atoms. The third-order valence-corrected chi connectivity index (χ3v) is 7.49. The van der Waals surface area contributed by atoms with Crippen LogP contribution in [0.3, 0.4) is 0 Å². The number of aromatic nitrogens is 3. The third-order valence-electron chi connectivity index (χ3n) is 6.10. The van der Waals surface area contributed by atoms with Crippen molar-refractivity contribution in [3.63, 3.8) is 0 Å². The number of fused-ring (bicyclic) bond motifs is 1. The molecule has 38 heavy (non-hydrogen) atoms. The number of rotatable bonds is 10. The van der Waals surface area contributed by atoms with Crippen molar-refractivity contribution in [2.24, 2.45) is 0 Å². The number of thioether (sulfide) groups is 1. The maximum atomic E-state index is 12.8. The zero-order valence-electron chi connectivity index (χ0n) is 20.9. The van der Waals surface area contributed by atoms with Gasteiger partial charge >= 0.3 is 0 Å². The van der Waals surface area contributed by atoms with Crippen LogP contribution in [0.5, 0.6) is 5.75 Å². The monoisotopic (exact) mass is 542 g/mol. The van der Waals surface area contributed by atoms with Gasteiger partial charge in [0.15, 0.2) is 5.16 Å². The minimum atomic E-state index is -0.129. The predicted molar refractivity (Wildman–Crippen MR) is 153 cm³/mol. The normalized spacial score (nSPS) is 11.0. The zero-order chi connectivity index (χ0) is 26.3. The number of para-hydroxylation sites is 1. The molecule has 8 heteroatoms. The second-order valence-corrected chi connectivity index (χ2v) is 10.00. The molecule has 2 aromatic heterocycles. The molecule has 5 rings (SSSR count). The van der Waals surface area contributed by atoms with Crippen molar-refractivity contribution in [3.8, 4) is 5.75 Å². The Morgan fingerprint density at radius 3 is 2.55 bits per heavy atom. The Kier molecular flexibility index (Phi) is 8.26. The molecule has 0 aliphatic carbocycles. The van der Waals surface area contributed by atoms with Crippen LogP contribution in [0.15, 0.2) is 96.4 Å². The molecule has 0 saturated heterocycles. The standard InChI is InChI=1S/C30H27ClN4O2S/c1-2-37-28-10-6-4-7-23(28)17-33-29(36)22-13-11-21(12-14-22)19-35-27-18-32-16-15-26(27)34-30(35)38-20-24-8-3-5-9-25(24)31/h3-16,18H,2,17,19-20H2,1H3,(H,33,36). The van der Waals surface area contributed by atoms with E-state index in [9.17, 15) is 4.79 Å². The SMILES string of the molecule is CCOc1ccccc1CNC(=O)c1ccc(Cn2c(SCc3ccccc3Cl)nc3ccncc32)cc1. The summed E-state index contributed by atoms with van der Waals surface area (Å²) in [6.07, 6.45) is 3.59. The zero-order valence-corrected chi connectivity index (χ0v) is 22.5. The van der Waals surface area contributed by atoms with Gasteiger partial charge in [0.1, 0.15) is 5.75 Å². The van der Waals surface area contributed by atoms with Crippen LogP contribution in [-0.4, -0.2) is 27.0 Å². The molecule has 192 valence electrons. The van der Waals surface area contributed by atoms with E-state index >= 15 is 0 Å². The maximum absolute atomic E-state index is 12.8. The largest absolute Gasteiger partial charge is 0.494 e. The molecule has 0 saturated carbocycles. The lowest BCUT2D eigenvalue weighted by molar-refractivity contribution is 0.0950. The Morgan fingerprint density at radius 1 is 1.00 bits per heavy atom. The second-order valence-electron chi connectivity index (χ2n) is 8.65. The summed E-state index contributed by atoms with van der Waals surface area (Å²) in [4.78, 5) is 22.0. The molecular formula is C30H27ClN4O2S. The fourth-order valence-electron chi connectivity index (χ4n) is 4.14. The lowest BCUT2D eigenvalue weighted by Gasteiger charge is -2.12. The summed E-state index contributed by atoms with van der Waals surface area (Å²) in [5.74, 6) is 1.37. The number of ether oxygens (including phenoxy) is 1. The number of carbonyl (C=O) groups excluding carboxylic acids is 1. The highest BCUT2D eigenvalue weighted by Crippen LogP contribution is 2.29. The quantitative estimate of drug-likeness (QED) is 0.198. The van der Waals surface area contributed by atoms with Crippen molar-refractivity contribution in [1.29, 1.82) is 0 Å². The molecule has 0 bridgehead atoms. The van der Waals surface area contributed by atoms with Crippen molar-refractivity contribution in [3.05, 3.63) is 119 Å². The van der Waals surface area contributed by atoms with Crippen LogP contribution >= 0.6 is 23.4 Å². The van der Waals surface area contributed by atoms with Gasteiger partial charge in [-0.3, -0.25) is 9.78 Å². The van der Waals surface area contributed by atoms with Gasteiger partial charge in [-0.1, -0.05) is 71.9 Å². The van der Waals surface area contributed by atoms with Gasteiger partial charge in [-0.25, -0.2) is 4.98 Å². The molecule has 1 N–H and O–H groups in total. The number of amides is 1. The van der Waals surface area contributed by atoms with E-state index in [4.69, 9.17) is 21.3 Å². The summed E-state index contributed by atoms with van der Waals surface area (Å²) in [6, 6.07) is 25.2. The summed E-state index contributed by atoms with van der Waals surface area (Å²) in [5, 5.41) is 4.63. The Morgan fingerprint density at radius 2 is 1.76 bits per heavy atom. The Labute approximate surface area is 231 Å². The first-order chi connectivity index (χ1) is 18.6. The van der Waals surface area contributed by atoms with Crippen LogP contribution in [0, 0.1) is 0 Å². The summed E-state index contributed by atoms with van der Waals surface area (Å²) < 4.78 is 7.81. The number of imidazole rings is 1. The first-order valence-electron chi connectivity index (χ1n) is 12.4. The Bertz CT molecular complexity index is 1550. The van der Waals surface area contributed by atoms with Crippen molar-refractivity contribution < 1.29 is 9.53 Å². The highest BCUT2D eigenvalue weighted by atomic mass is 35.5. The van der Waals surface area contributed by atoms with Crippen molar-refractivity contribution in [1.82, 2.24) is 19.9 Å². The molecule has 6 nitrogen and oxygen atoms in total. The van der Waals surface area contributed by atoms with Crippen molar-refractivity contribution in [2.75, 3.05) is 6.61 Å². The molecular weight excluding hydrogens is 516 g/mol. The van der Waals surface area contributed by atoms with E-state index in [2.05, 4.69) is 14.9 Å². The molecule has 0 atom stereocenters. The van der Waals surface area contributed by atoms with Gasteiger partial charge in [-0.2, -0.15) is 0 Å². The van der Waals surface area contributed by atoms with Crippen molar-refractivity contribution >= 4 is 40.3 Å². The van der Waals surface area contributed by atoms with E-state index in [0.717, 1.165) is 43.7 Å². The van der Waals surface area contributed by atoms with Crippen LogP contribution in [0.2, 0.25) is 5.02 Å². The van der Waals surface area contributed by atoms with E-state index < -0.39 is 0 Å². The third kappa shape index (κ3) is 6.01. The molecule has 0 aliphatic heterocycles. The molecule has 3 aromatic carbocycles. The number of hydrogen-bond donors (Lipinski definition) is 1. The van der Waals surface area contributed by atoms with E-state index in [-0.39, 0.29) is 5.91 Å². The molecule has 5 aromatic rings. The van der Waals surface area contributed by atoms with Gasteiger partial charge < -0.3 is 14.6 Å². The highest BCUT2D eigenvalue weighted by molar-refractivity contribution is 7.98. The number of carbonyl (C=O) groups is 1. The number of pyridine rings is 1. The number of hydrogen-bond acceptors (Lipinski definition) is 5. The van der Waals surface area contributed by atoms with E-state index in [1.165, 1.54) is 0 Å². The molecule has 0 fully saturated rings. The van der Waals surface area contributed by atoms with Gasteiger partial charge in [0.25, 0.3) is 5.91 Å². The van der Waals surface area contributed by atoms with Gasteiger partial charge in [0.05, 0.1) is 30.4 Å². The van der Waals surface area contributed by atoms with Gasteiger partial charge in [0, 0.05) is 34.6 Å². The lowest BCUT2D eigenvalue weighted by Crippen LogP contribution is -2.23. The van der Waals surface area contributed by atoms with Crippen LogP contribution in [-0.2, 0) is 18.8 Å². The first-order valence-corrected chi connectivity index (χ1v) is 13.7. The number of nitrogens with zero attached hydrogens (tertiary/aromatic N) is 3. The summed E-state index contributed by atoms with van der Waals surface area (Å²) in [5.41, 5.74) is 5.53. The average molecular weight is 543 g/mol. The number of benzene rings is 3. The maximum Gasteiger partial charge on any atom is 0.251 e. The van der Waals surface area contributed by atoms with E-state index in [1.807, 2.05) is 92.0 Å². The van der Waals surface area contributed by atoms with E-state index in [0.29, 0.717) is 31.0 Å². The topological polar surface area (TPSA) is 69.0 Å². The van der Waals surface area contributed by atoms with Crippen LogP contribution in [0.4, 0.5) is 0 Å². The Balaban J connectivity index is 1.29. The Hall–Kier alpha value is -3.81.